The number of ether oxygens (including phenoxy) is 1. The van der Waals surface area contributed by atoms with Crippen LogP contribution in [0.1, 0.15) is 39.2 Å². The third-order valence-electron chi connectivity index (χ3n) is 2.62. The van der Waals surface area contributed by atoms with Crippen LogP contribution in [-0.4, -0.2) is 6.10 Å². The first-order valence-electron chi connectivity index (χ1n) is 5.43. The zero-order valence-corrected chi connectivity index (χ0v) is 11.7. The monoisotopic (exact) mass is 316 g/mol. The van der Waals surface area contributed by atoms with Crippen LogP contribution in [0.2, 0.25) is 0 Å². The Hall–Kier alpha value is -0.250. The van der Waals surface area contributed by atoms with Gasteiger partial charge in [-0.25, -0.2) is 0 Å². The number of halogens is 1. The number of rotatable bonds is 2. The molecule has 1 nitrogen and oxygen atoms in total. The maximum absolute atomic E-state index is 5.88. The number of hydrogen-bond acceptors (Lipinski definition) is 1. The van der Waals surface area contributed by atoms with Gasteiger partial charge in [0.2, 0.25) is 0 Å². The molecule has 1 aromatic carbocycles. The van der Waals surface area contributed by atoms with Crippen LogP contribution in [-0.2, 0) is 5.41 Å². The molecule has 0 radical (unpaired) electrons. The minimum absolute atomic E-state index is 0.200. The third-order valence-corrected chi connectivity index (χ3v) is 3.51. The lowest BCUT2D eigenvalue weighted by atomic mass is 9.87. The minimum Gasteiger partial charge on any atom is -0.489 e. The van der Waals surface area contributed by atoms with Crippen LogP contribution in [0.5, 0.6) is 5.75 Å². The molecule has 0 unspecified atom stereocenters. The number of benzene rings is 1. The molecule has 0 spiro atoms. The Morgan fingerprint density at radius 2 is 1.93 bits per heavy atom. The second-order valence-corrected chi connectivity index (χ2v) is 6.37. The summed E-state index contributed by atoms with van der Waals surface area (Å²) < 4.78 is 7.10. The summed E-state index contributed by atoms with van der Waals surface area (Å²) in [4.78, 5) is 0. The van der Waals surface area contributed by atoms with Crippen molar-refractivity contribution in [2.24, 2.45) is 0 Å². The molecule has 1 aliphatic rings. The van der Waals surface area contributed by atoms with E-state index in [0.717, 1.165) is 5.75 Å². The molecule has 0 atom stereocenters. The molecule has 0 bridgehead atoms. The van der Waals surface area contributed by atoms with Gasteiger partial charge < -0.3 is 4.74 Å². The van der Waals surface area contributed by atoms with E-state index in [1.807, 2.05) is 0 Å². The van der Waals surface area contributed by atoms with Gasteiger partial charge in [0.25, 0.3) is 0 Å². The smallest absolute Gasteiger partial charge is 0.133 e. The van der Waals surface area contributed by atoms with Gasteiger partial charge >= 0.3 is 0 Å². The van der Waals surface area contributed by atoms with Crippen molar-refractivity contribution >= 4 is 22.6 Å². The predicted molar refractivity (Wildman–Crippen MR) is 71.5 cm³/mol. The van der Waals surface area contributed by atoms with E-state index in [9.17, 15) is 0 Å². The molecule has 1 saturated carbocycles. The standard InChI is InChI=1S/C13H17IO/c1-13(2,3)9-4-7-11(14)12(8-9)15-10-5-6-10/h4,7-8,10H,5-6H2,1-3H3. The van der Waals surface area contributed by atoms with E-state index in [1.54, 1.807) is 0 Å². The van der Waals surface area contributed by atoms with Gasteiger partial charge in [0.05, 0.1) is 9.67 Å². The van der Waals surface area contributed by atoms with E-state index < -0.39 is 0 Å². The average molecular weight is 316 g/mol. The zero-order valence-electron chi connectivity index (χ0n) is 9.51. The molecule has 0 heterocycles. The molecular weight excluding hydrogens is 299 g/mol. The first-order valence-corrected chi connectivity index (χ1v) is 6.51. The van der Waals surface area contributed by atoms with Crippen LogP contribution < -0.4 is 4.74 Å². The maximum Gasteiger partial charge on any atom is 0.133 e. The second kappa shape index (κ2) is 3.96. The lowest BCUT2D eigenvalue weighted by Crippen LogP contribution is -2.11. The Labute approximate surface area is 105 Å². The summed E-state index contributed by atoms with van der Waals surface area (Å²) in [5, 5.41) is 0. The SMILES string of the molecule is CC(C)(C)c1ccc(I)c(OC2CC2)c1. The zero-order chi connectivity index (χ0) is 11.1. The summed E-state index contributed by atoms with van der Waals surface area (Å²) in [5.74, 6) is 1.06. The van der Waals surface area contributed by atoms with Crippen LogP contribution in [0.4, 0.5) is 0 Å². The van der Waals surface area contributed by atoms with Gasteiger partial charge in [0.15, 0.2) is 0 Å². The molecule has 0 saturated heterocycles. The summed E-state index contributed by atoms with van der Waals surface area (Å²) in [6, 6.07) is 6.54. The van der Waals surface area contributed by atoms with Crippen molar-refractivity contribution in [1.29, 1.82) is 0 Å². The van der Waals surface area contributed by atoms with Crippen LogP contribution in [0.15, 0.2) is 18.2 Å². The molecule has 0 aromatic heterocycles. The molecule has 0 N–H and O–H groups in total. The highest BCUT2D eigenvalue weighted by Gasteiger charge is 2.25. The molecule has 1 fully saturated rings. The molecule has 1 aromatic rings. The van der Waals surface area contributed by atoms with Crippen LogP contribution in [0.25, 0.3) is 0 Å². The first-order chi connectivity index (χ1) is 6.97. The van der Waals surface area contributed by atoms with Crippen molar-refractivity contribution in [3.05, 3.63) is 27.3 Å². The summed E-state index contributed by atoms with van der Waals surface area (Å²) in [6.07, 6.45) is 2.92. The Kier molecular flexibility index (Phi) is 2.97. The Morgan fingerprint density at radius 1 is 1.27 bits per heavy atom. The van der Waals surface area contributed by atoms with Gasteiger partial charge in [-0.15, -0.1) is 0 Å². The summed E-state index contributed by atoms with van der Waals surface area (Å²) in [6.45, 7) is 6.70. The fourth-order valence-electron chi connectivity index (χ4n) is 1.43. The molecule has 1 aliphatic carbocycles. The van der Waals surface area contributed by atoms with Gasteiger partial charge in [0.1, 0.15) is 5.75 Å². The first kappa shape index (κ1) is 11.2. The molecule has 2 heteroatoms. The van der Waals surface area contributed by atoms with Crippen molar-refractivity contribution in [1.82, 2.24) is 0 Å². The number of hydrogen-bond donors (Lipinski definition) is 0. The fraction of sp³-hybridized carbons (Fsp3) is 0.538. The Bertz CT molecular complexity index is 361. The van der Waals surface area contributed by atoms with E-state index >= 15 is 0 Å². The lowest BCUT2D eigenvalue weighted by molar-refractivity contribution is 0.300. The van der Waals surface area contributed by atoms with Crippen molar-refractivity contribution in [2.45, 2.75) is 45.1 Å². The quantitative estimate of drug-likeness (QED) is 0.746. The van der Waals surface area contributed by atoms with Gasteiger partial charge in [-0.05, 0) is 58.5 Å². The normalized spacial score (nSPS) is 16.5. The van der Waals surface area contributed by atoms with Crippen molar-refractivity contribution in [3.8, 4) is 5.75 Å². The molecule has 15 heavy (non-hydrogen) atoms. The summed E-state index contributed by atoms with van der Waals surface area (Å²) in [7, 11) is 0. The van der Waals surface area contributed by atoms with Crippen molar-refractivity contribution in [3.63, 3.8) is 0 Å². The summed E-state index contributed by atoms with van der Waals surface area (Å²) in [5.41, 5.74) is 1.55. The van der Waals surface area contributed by atoms with Crippen molar-refractivity contribution < 1.29 is 4.74 Å². The van der Waals surface area contributed by atoms with Crippen LogP contribution in [0, 0.1) is 3.57 Å². The highest BCUT2D eigenvalue weighted by molar-refractivity contribution is 14.1. The van der Waals surface area contributed by atoms with Crippen LogP contribution >= 0.6 is 22.6 Å². The van der Waals surface area contributed by atoms with Gasteiger partial charge in [-0.3, -0.25) is 0 Å². The largest absolute Gasteiger partial charge is 0.489 e. The van der Waals surface area contributed by atoms with E-state index in [1.165, 1.54) is 22.0 Å². The average Bonchev–Trinajstić information content (AvgIpc) is 2.90. The van der Waals surface area contributed by atoms with E-state index in [-0.39, 0.29) is 5.41 Å². The molecule has 82 valence electrons. The molecular formula is C13H17IO. The summed E-state index contributed by atoms with van der Waals surface area (Å²) >= 11 is 2.34. The Morgan fingerprint density at radius 3 is 2.47 bits per heavy atom. The lowest BCUT2D eigenvalue weighted by Gasteiger charge is -2.20. The van der Waals surface area contributed by atoms with Gasteiger partial charge in [-0.2, -0.15) is 0 Å². The van der Waals surface area contributed by atoms with Gasteiger partial charge in [0, 0.05) is 0 Å². The van der Waals surface area contributed by atoms with Gasteiger partial charge in [-0.1, -0.05) is 26.8 Å². The van der Waals surface area contributed by atoms with E-state index in [0.29, 0.717) is 6.10 Å². The molecule has 2 rings (SSSR count). The maximum atomic E-state index is 5.88. The fourth-order valence-corrected chi connectivity index (χ4v) is 1.89. The van der Waals surface area contributed by atoms with E-state index in [2.05, 4.69) is 61.6 Å². The predicted octanol–water partition coefficient (Wildman–Crippen LogP) is 4.13. The van der Waals surface area contributed by atoms with Crippen molar-refractivity contribution in [2.75, 3.05) is 0 Å². The van der Waals surface area contributed by atoms with E-state index in [4.69, 9.17) is 4.74 Å². The van der Waals surface area contributed by atoms with Crippen LogP contribution in [0.3, 0.4) is 0 Å². The third kappa shape index (κ3) is 2.86. The topological polar surface area (TPSA) is 9.23 Å². The minimum atomic E-state index is 0.200. The highest BCUT2D eigenvalue weighted by atomic mass is 127. The Balaban J connectivity index is 2.27. The molecule has 0 amide bonds. The molecule has 0 aliphatic heterocycles. The second-order valence-electron chi connectivity index (χ2n) is 5.21. The highest BCUT2D eigenvalue weighted by Crippen LogP contribution is 2.33.